The molecular weight excluding hydrogens is 379 g/mol. The van der Waals surface area contributed by atoms with Crippen molar-refractivity contribution in [2.24, 2.45) is 0 Å². The molecule has 0 atom stereocenters. The second-order valence-electron chi connectivity index (χ2n) is 3.83. The van der Waals surface area contributed by atoms with Crippen LogP contribution in [0.4, 0.5) is 0 Å². The average molecular weight is 389 g/mol. The van der Waals surface area contributed by atoms with Crippen LogP contribution in [0.15, 0.2) is 42.5 Å². The van der Waals surface area contributed by atoms with E-state index in [9.17, 15) is 4.79 Å². The highest BCUT2D eigenvalue weighted by molar-refractivity contribution is 14.1. The second kappa shape index (κ2) is 6.25. The zero-order chi connectivity index (χ0) is 13.8. The molecule has 0 aliphatic heterocycles. The van der Waals surface area contributed by atoms with Crippen LogP contribution < -0.4 is 4.74 Å². The van der Waals surface area contributed by atoms with Crippen molar-refractivity contribution in [3.63, 3.8) is 0 Å². The Morgan fingerprint density at radius 3 is 2.68 bits per heavy atom. The first-order valence-electron chi connectivity index (χ1n) is 5.47. The highest BCUT2D eigenvalue weighted by Gasteiger charge is 2.08. The average Bonchev–Trinajstić information content (AvgIpc) is 2.39. The lowest BCUT2D eigenvalue weighted by Crippen LogP contribution is -2.01. The van der Waals surface area contributed by atoms with Crippen molar-refractivity contribution in [1.29, 1.82) is 0 Å². The lowest BCUT2D eigenvalue weighted by molar-refractivity contribution is 0.0696. The van der Waals surface area contributed by atoms with Crippen LogP contribution in [-0.2, 0) is 6.61 Å². The predicted molar refractivity (Wildman–Crippen MR) is 81.9 cm³/mol. The Morgan fingerprint density at radius 1 is 1.26 bits per heavy atom. The zero-order valence-corrected chi connectivity index (χ0v) is 12.7. The molecule has 5 heteroatoms. The van der Waals surface area contributed by atoms with E-state index in [0.29, 0.717) is 17.4 Å². The van der Waals surface area contributed by atoms with Gasteiger partial charge in [-0.05, 0) is 46.9 Å². The number of hydrogen-bond donors (Lipinski definition) is 1. The Balaban J connectivity index is 2.17. The standard InChI is InChI=1S/C14H10ClIO3/c15-11-4-2-1-3-10(11)8-19-13-7-9(14(17)18)5-6-12(13)16/h1-7H,8H2,(H,17,18). The van der Waals surface area contributed by atoms with Crippen molar-refractivity contribution in [3.8, 4) is 5.75 Å². The highest BCUT2D eigenvalue weighted by atomic mass is 127. The molecular formula is C14H10ClIO3. The van der Waals surface area contributed by atoms with Gasteiger partial charge >= 0.3 is 5.97 Å². The van der Waals surface area contributed by atoms with Crippen LogP contribution in [0.3, 0.4) is 0 Å². The normalized spacial score (nSPS) is 10.2. The van der Waals surface area contributed by atoms with Gasteiger partial charge in [0.05, 0.1) is 9.13 Å². The molecule has 2 rings (SSSR count). The van der Waals surface area contributed by atoms with Crippen molar-refractivity contribution in [2.75, 3.05) is 0 Å². The summed E-state index contributed by atoms with van der Waals surface area (Å²) in [7, 11) is 0. The van der Waals surface area contributed by atoms with Gasteiger partial charge in [0.15, 0.2) is 0 Å². The van der Waals surface area contributed by atoms with E-state index in [1.54, 1.807) is 18.2 Å². The Hall–Kier alpha value is -1.27. The van der Waals surface area contributed by atoms with Gasteiger partial charge in [-0.25, -0.2) is 4.79 Å². The smallest absolute Gasteiger partial charge is 0.335 e. The summed E-state index contributed by atoms with van der Waals surface area (Å²) < 4.78 is 6.50. The van der Waals surface area contributed by atoms with Crippen LogP contribution in [0.1, 0.15) is 15.9 Å². The molecule has 3 nitrogen and oxygen atoms in total. The molecule has 2 aromatic rings. The predicted octanol–water partition coefficient (Wildman–Crippen LogP) is 4.22. The molecule has 0 radical (unpaired) electrons. The summed E-state index contributed by atoms with van der Waals surface area (Å²) in [6, 6.07) is 12.2. The minimum atomic E-state index is -0.973. The first kappa shape index (κ1) is 14.1. The van der Waals surface area contributed by atoms with Crippen LogP contribution in [0.5, 0.6) is 5.75 Å². The summed E-state index contributed by atoms with van der Waals surface area (Å²) in [4.78, 5) is 10.9. The zero-order valence-electron chi connectivity index (χ0n) is 9.77. The van der Waals surface area contributed by atoms with Crippen molar-refractivity contribution >= 4 is 40.2 Å². The quantitative estimate of drug-likeness (QED) is 0.798. The van der Waals surface area contributed by atoms with Gasteiger partial charge in [0.25, 0.3) is 0 Å². The third-order valence-electron chi connectivity index (χ3n) is 2.52. The van der Waals surface area contributed by atoms with Crippen LogP contribution in [-0.4, -0.2) is 11.1 Å². The maximum absolute atomic E-state index is 10.9. The van der Waals surface area contributed by atoms with E-state index in [-0.39, 0.29) is 5.56 Å². The second-order valence-corrected chi connectivity index (χ2v) is 5.40. The maximum atomic E-state index is 10.9. The molecule has 1 N–H and O–H groups in total. The number of carbonyl (C=O) groups is 1. The number of hydrogen-bond acceptors (Lipinski definition) is 2. The Morgan fingerprint density at radius 2 is 2.00 bits per heavy atom. The molecule has 0 spiro atoms. The lowest BCUT2D eigenvalue weighted by atomic mass is 10.2. The third-order valence-corrected chi connectivity index (χ3v) is 3.78. The molecule has 0 aliphatic rings. The van der Waals surface area contributed by atoms with Crippen molar-refractivity contribution in [1.82, 2.24) is 0 Å². The van der Waals surface area contributed by atoms with Crippen LogP contribution in [0, 0.1) is 3.57 Å². The molecule has 0 bridgehead atoms. The number of rotatable bonds is 4. The van der Waals surface area contributed by atoms with Gasteiger partial charge in [0, 0.05) is 10.6 Å². The molecule has 2 aromatic carbocycles. The van der Waals surface area contributed by atoms with Gasteiger partial charge < -0.3 is 9.84 Å². The summed E-state index contributed by atoms with van der Waals surface area (Å²) in [5.74, 6) is -0.431. The number of carboxylic acid groups (broad SMARTS) is 1. The summed E-state index contributed by atoms with van der Waals surface area (Å²) in [5, 5.41) is 9.58. The van der Waals surface area contributed by atoms with Crippen LogP contribution in [0.25, 0.3) is 0 Å². The highest BCUT2D eigenvalue weighted by Crippen LogP contribution is 2.24. The molecule has 0 heterocycles. The fourth-order valence-corrected chi connectivity index (χ4v) is 2.20. The van der Waals surface area contributed by atoms with Gasteiger partial charge in [-0.1, -0.05) is 29.8 Å². The molecule has 0 fully saturated rings. The maximum Gasteiger partial charge on any atom is 0.335 e. The fraction of sp³-hybridized carbons (Fsp3) is 0.0714. The first-order chi connectivity index (χ1) is 9.08. The van der Waals surface area contributed by atoms with E-state index in [2.05, 4.69) is 22.6 Å². The number of halogens is 2. The summed E-state index contributed by atoms with van der Waals surface area (Å²) in [6.07, 6.45) is 0. The molecule has 0 unspecified atom stereocenters. The summed E-state index contributed by atoms with van der Waals surface area (Å²) >= 11 is 8.14. The number of aromatic carboxylic acids is 1. The fourth-order valence-electron chi connectivity index (χ4n) is 1.52. The van der Waals surface area contributed by atoms with E-state index in [0.717, 1.165) is 9.13 Å². The minimum Gasteiger partial charge on any atom is -0.488 e. The van der Waals surface area contributed by atoms with E-state index in [1.807, 2.05) is 18.2 Å². The lowest BCUT2D eigenvalue weighted by Gasteiger charge is -2.10. The monoisotopic (exact) mass is 388 g/mol. The SMILES string of the molecule is O=C(O)c1ccc(I)c(OCc2ccccc2Cl)c1. The summed E-state index contributed by atoms with van der Waals surface area (Å²) in [5.41, 5.74) is 1.07. The Kier molecular flexibility index (Phi) is 4.66. The molecule has 0 aliphatic carbocycles. The molecule has 0 saturated heterocycles. The van der Waals surface area contributed by atoms with Gasteiger partial charge in [-0.2, -0.15) is 0 Å². The van der Waals surface area contributed by atoms with E-state index in [4.69, 9.17) is 21.4 Å². The Labute approximate surface area is 129 Å². The van der Waals surface area contributed by atoms with E-state index in [1.165, 1.54) is 6.07 Å². The molecule has 0 saturated carbocycles. The summed E-state index contributed by atoms with van der Waals surface area (Å²) in [6.45, 7) is 0.304. The first-order valence-corrected chi connectivity index (χ1v) is 6.92. The van der Waals surface area contributed by atoms with Gasteiger partial charge in [-0.3, -0.25) is 0 Å². The molecule has 0 amide bonds. The van der Waals surface area contributed by atoms with E-state index >= 15 is 0 Å². The topological polar surface area (TPSA) is 46.5 Å². The van der Waals surface area contributed by atoms with Crippen molar-refractivity contribution in [3.05, 3.63) is 62.2 Å². The molecule has 19 heavy (non-hydrogen) atoms. The van der Waals surface area contributed by atoms with Gasteiger partial charge in [-0.15, -0.1) is 0 Å². The van der Waals surface area contributed by atoms with Crippen LogP contribution >= 0.6 is 34.2 Å². The van der Waals surface area contributed by atoms with Gasteiger partial charge in [0.2, 0.25) is 0 Å². The van der Waals surface area contributed by atoms with Crippen molar-refractivity contribution < 1.29 is 14.6 Å². The Bertz CT molecular complexity index is 613. The van der Waals surface area contributed by atoms with E-state index < -0.39 is 5.97 Å². The number of benzene rings is 2. The molecule has 98 valence electrons. The van der Waals surface area contributed by atoms with Gasteiger partial charge in [0.1, 0.15) is 12.4 Å². The van der Waals surface area contributed by atoms with Crippen molar-refractivity contribution in [2.45, 2.75) is 6.61 Å². The number of carboxylic acids is 1. The third kappa shape index (κ3) is 3.61. The van der Waals surface area contributed by atoms with Crippen LogP contribution in [0.2, 0.25) is 5.02 Å². The minimum absolute atomic E-state index is 0.203. The number of ether oxygens (including phenoxy) is 1. The largest absolute Gasteiger partial charge is 0.488 e. The molecule has 0 aromatic heterocycles.